The van der Waals surface area contributed by atoms with Gasteiger partial charge in [-0.15, -0.1) is 0 Å². The minimum Gasteiger partial charge on any atom is -0.464 e. The van der Waals surface area contributed by atoms with Crippen LogP contribution in [-0.2, 0) is 0 Å². The fraction of sp³-hybridized carbons (Fsp3) is 0.222. The molecule has 0 aliphatic heterocycles. The van der Waals surface area contributed by atoms with E-state index in [-0.39, 0.29) is 11.9 Å². The second-order valence-corrected chi connectivity index (χ2v) is 6.52. The summed E-state index contributed by atoms with van der Waals surface area (Å²) >= 11 is 12.5. The van der Waals surface area contributed by atoms with Crippen LogP contribution < -0.4 is 5.32 Å². The van der Waals surface area contributed by atoms with Gasteiger partial charge < -0.3 is 14.3 Å². The lowest BCUT2D eigenvalue weighted by molar-refractivity contribution is 0.0934. The number of hydrogen-bond acceptors (Lipinski definition) is 4. The van der Waals surface area contributed by atoms with Crippen LogP contribution in [0.15, 0.2) is 39.3 Å². The van der Waals surface area contributed by atoms with Crippen molar-refractivity contribution in [2.45, 2.75) is 26.8 Å². The van der Waals surface area contributed by atoms with Gasteiger partial charge in [0.25, 0.3) is 5.91 Å². The molecule has 1 aromatic carbocycles. The Kier molecular flexibility index (Phi) is 4.88. The number of nitrogens with one attached hydrogen (secondary N) is 1. The van der Waals surface area contributed by atoms with E-state index >= 15 is 0 Å². The smallest absolute Gasteiger partial charge is 0.257 e. The van der Waals surface area contributed by atoms with Crippen molar-refractivity contribution in [3.8, 4) is 11.3 Å². The standard InChI is InChI=1S/C18H16Cl2N2O3/c1-9-7-8-14(24-9)10(2)21-18(23)15-11(3)25-22-17(15)16-12(19)5-4-6-13(16)20/h4-8,10H,1-3H3,(H,21,23). The predicted molar refractivity (Wildman–Crippen MR) is 96.0 cm³/mol. The number of halogens is 2. The Bertz CT molecular complexity index is 910. The van der Waals surface area contributed by atoms with Gasteiger partial charge in [0, 0.05) is 5.56 Å². The summed E-state index contributed by atoms with van der Waals surface area (Å²) in [6.45, 7) is 5.35. The monoisotopic (exact) mass is 378 g/mol. The molecule has 25 heavy (non-hydrogen) atoms. The van der Waals surface area contributed by atoms with E-state index in [2.05, 4.69) is 10.5 Å². The molecular weight excluding hydrogens is 363 g/mol. The highest BCUT2D eigenvalue weighted by Crippen LogP contribution is 2.36. The van der Waals surface area contributed by atoms with Crippen LogP contribution in [0.5, 0.6) is 0 Å². The molecule has 2 heterocycles. The lowest BCUT2D eigenvalue weighted by Gasteiger charge is -2.12. The first-order valence-electron chi connectivity index (χ1n) is 7.66. The minimum atomic E-state index is -0.341. The summed E-state index contributed by atoms with van der Waals surface area (Å²) in [6.07, 6.45) is 0. The highest BCUT2D eigenvalue weighted by Gasteiger charge is 2.26. The average molecular weight is 379 g/mol. The van der Waals surface area contributed by atoms with Crippen molar-refractivity contribution in [1.29, 1.82) is 0 Å². The number of nitrogens with zero attached hydrogens (tertiary/aromatic N) is 1. The summed E-state index contributed by atoms with van der Waals surface area (Å²) in [5, 5.41) is 7.65. The van der Waals surface area contributed by atoms with E-state index in [0.717, 1.165) is 5.76 Å². The van der Waals surface area contributed by atoms with Crippen molar-refractivity contribution in [3.05, 3.63) is 63.2 Å². The summed E-state index contributed by atoms with van der Waals surface area (Å²) in [6, 6.07) is 8.45. The Balaban J connectivity index is 1.95. The van der Waals surface area contributed by atoms with Gasteiger partial charge >= 0.3 is 0 Å². The fourth-order valence-electron chi connectivity index (χ4n) is 2.56. The number of aryl methyl sites for hydroxylation is 2. The van der Waals surface area contributed by atoms with E-state index in [1.807, 2.05) is 26.0 Å². The third kappa shape index (κ3) is 3.43. The second kappa shape index (κ2) is 6.94. The Morgan fingerprint density at radius 1 is 1.16 bits per heavy atom. The van der Waals surface area contributed by atoms with Gasteiger partial charge in [0.05, 0.1) is 16.1 Å². The van der Waals surface area contributed by atoms with E-state index in [1.165, 1.54) is 0 Å². The molecule has 0 radical (unpaired) electrons. The van der Waals surface area contributed by atoms with Gasteiger partial charge in [-0.3, -0.25) is 4.79 Å². The lowest BCUT2D eigenvalue weighted by Crippen LogP contribution is -2.27. The van der Waals surface area contributed by atoms with Crippen LogP contribution >= 0.6 is 23.2 Å². The maximum Gasteiger partial charge on any atom is 0.257 e. The fourth-order valence-corrected chi connectivity index (χ4v) is 3.14. The van der Waals surface area contributed by atoms with Gasteiger partial charge in [-0.25, -0.2) is 0 Å². The Hall–Kier alpha value is -2.24. The van der Waals surface area contributed by atoms with E-state index in [1.54, 1.807) is 25.1 Å². The Morgan fingerprint density at radius 3 is 2.44 bits per heavy atom. The van der Waals surface area contributed by atoms with Crippen molar-refractivity contribution in [2.75, 3.05) is 0 Å². The lowest BCUT2D eigenvalue weighted by atomic mass is 10.0. The molecule has 2 aromatic heterocycles. The van der Waals surface area contributed by atoms with Crippen LogP contribution in [-0.4, -0.2) is 11.1 Å². The summed E-state index contributed by atoms with van der Waals surface area (Å²) in [5.41, 5.74) is 1.08. The predicted octanol–water partition coefficient (Wildman–Crippen LogP) is 5.35. The zero-order valence-electron chi connectivity index (χ0n) is 13.9. The van der Waals surface area contributed by atoms with E-state index in [0.29, 0.717) is 38.4 Å². The third-order valence-electron chi connectivity index (χ3n) is 3.82. The second-order valence-electron chi connectivity index (χ2n) is 5.70. The van der Waals surface area contributed by atoms with E-state index in [9.17, 15) is 4.79 Å². The molecule has 3 aromatic rings. The summed E-state index contributed by atoms with van der Waals surface area (Å²) in [5.74, 6) is 1.48. The van der Waals surface area contributed by atoms with Crippen molar-refractivity contribution >= 4 is 29.1 Å². The first kappa shape index (κ1) is 17.6. The number of aromatic nitrogens is 1. The first-order chi connectivity index (χ1) is 11.9. The van der Waals surface area contributed by atoms with Gasteiger partial charge in [0.2, 0.25) is 0 Å². The number of rotatable bonds is 4. The van der Waals surface area contributed by atoms with Crippen molar-refractivity contribution in [1.82, 2.24) is 10.5 Å². The van der Waals surface area contributed by atoms with Crippen LogP contribution in [0, 0.1) is 13.8 Å². The number of furan rings is 1. The molecule has 0 saturated heterocycles. The number of carbonyl (C=O) groups is 1. The molecule has 0 spiro atoms. The highest BCUT2D eigenvalue weighted by atomic mass is 35.5. The normalized spacial score (nSPS) is 12.2. The molecule has 0 aliphatic rings. The Labute approximate surface area is 154 Å². The molecule has 0 fully saturated rings. The maximum absolute atomic E-state index is 12.8. The molecule has 1 atom stereocenters. The summed E-state index contributed by atoms with van der Waals surface area (Å²) in [7, 11) is 0. The number of carbonyl (C=O) groups excluding carboxylic acids is 1. The molecule has 0 aliphatic carbocycles. The van der Waals surface area contributed by atoms with Crippen molar-refractivity contribution in [3.63, 3.8) is 0 Å². The SMILES string of the molecule is Cc1ccc(C(C)NC(=O)c2c(-c3c(Cl)cccc3Cl)noc2C)o1. The topological polar surface area (TPSA) is 68.3 Å². The zero-order valence-corrected chi connectivity index (χ0v) is 15.4. The molecule has 7 heteroatoms. The third-order valence-corrected chi connectivity index (χ3v) is 4.45. The molecular formula is C18H16Cl2N2O3. The summed E-state index contributed by atoms with van der Waals surface area (Å²) < 4.78 is 10.8. The van der Waals surface area contributed by atoms with Gasteiger partial charge in [0.1, 0.15) is 28.5 Å². The van der Waals surface area contributed by atoms with Crippen LogP contribution in [0.3, 0.4) is 0 Å². The number of benzene rings is 1. The van der Waals surface area contributed by atoms with Crippen molar-refractivity contribution < 1.29 is 13.7 Å². The van der Waals surface area contributed by atoms with Crippen LogP contribution in [0.25, 0.3) is 11.3 Å². The molecule has 1 N–H and O–H groups in total. The molecule has 130 valence electrons. The average Bonchev–Trinajstić information content (AvgIpc) is 3.13. The molecule has 0 bridgehead atoms. The molecule has 0 saturated carbocycles. The summed E-state index contributed by atoms with van der Waals surface area (Å²) in [4.78, 5) is 12.8. The number of amides is 1. The van der Waals surface area contributed by atoms with Gasteiger partial charge in [-0.2, -0.15) is 0 Å². The van der Waals surface area contributed by atoms with Crippen LogP contribution in [0.1, 0.15) is 40.6 Å². The van der Waals surface area contributed by atoms with Crippen LogP contribution in [0.4, 0.5) is 0 Å². The first-order valence-corrected chi connectivity index (χ1v) is 8.42. The van der Waals surface area contributed by atoms with Gasteiger partial charge in [-0.05, 0) is 45.0 Å². The maximum atomic E-state index is 12.8. The highest BCUT2D eigenvalue weighted by molar-refractivity contribution is 6.39. The van der Waals surface area contributed by atoms with Crippen LogP contribution in [0.2, 0.25) is 10.0 Å². The Morgan fingerprint density at radius 2 is 1.84 bits per heavy atom. The van der Waals surface area contributed by atoms with Gasteiger partial charge in [-0.1, -0.05) is 34.4 Å². The molecule has 3 rings (SSSR count). The largest absolute Gasteiger partial charge is 0.464 e. The van der Waals surface area contributed by atoms with Crippen molar-refractivity contribution in [2.24, 2.45) is 0 Å². The molecule has 1 unspecified atom stereocenters. The molecule has 5 nitrogen and oxygen atoms in total. The molecule has 1 amide bonds. The zero-order chi connectivity index (χ0) is 18.1. The number of hydrogen-bond donors (Lipinski definition) is 1. The van der Waals surface area contributed by atoms with E-state index in [4.69, 9.17) is 32.1 Å². The quantitative estimate of drug-likeness (QED) is 0.664. The minimum absolute atomic E-state index is 0.296. The van der Waals surface area contributed by atoms with E-state index < -0.39 is 0 Å². The van der Waals surface area contributed by atoms with Gasteiger partial charge in [0.15, 0.2) is 0 Å².